The van der Waals surface area contributed by atoms with E-state index >= 15 is 0 Å². The highest BCUT2D eigenvalue weighted by Crippen LogP contribution is 2.20. The zero-order chi connectivity index (χ0) is 10.6. The second-order valence-corrected chi connectivity index (χ2v) is 3.40. The summed E-state index contributed by atoms with van der Waals surface area (Å²) in [5.74, 6) is -0.147. The molecule has 0 fully saturated rings. The molecule has 3 nitrogen and oxygen atoms in total. The smallest absolute Gasteiger partial charge is 0.307 e. The Hall–Kier alpha value is -1.03. The van der Waals surface area contributed by atoms with Gasteiger partial charge in [-0.25, -0.2) is 0 Å². The number of halogens is 1. The van der Waals surface area contributed by atoms with Gasteiger partial charge in [-0.2, -0.15) is 0 Å². The first kappa shape index (κ1) is 11.0. The molecular formula is C10H11BrO3. The fourth-order valence-electron chi connectivity index (χ4n) is 1.19. The minimum Gasteiger partial charge on any atom is -0.497 e. The fourth-order valence-corrected chi connectivity index (χ4v) is 1.73. The number of carboxylic acids is 1. The Bertz CT molecular complexity index is 336. The predicted octanol–water partition coefficient (Wildman–Crippen LogP) is 2.22. The van der Waals surface area contributed by atoms with Crippen LogP contribution in [0.5, 0.6) is 5.75 Å². The van der Waals surface area contributed by atoms with E-state index in [4.69, 9.17) is 9.84 Å². The van der Waals surface area contributed by atoms with Crippen LogP contribution in [0.1, 0.15) is 11.1 Å². The lowest BCUT2D eigenvalue weighted by Gasteiger charge is -2.07. The summed E-state index contributed by atoms with van der Waals surface area (Å²) >= 11 is 3.31. The minimum atomic E-state index is -0.833. The third-order valence-corrected chi connectivity index (χ3v) is 2.50. The molecule has 0 aliphatic carbocycles. The number of methoxy groups -OCH3 is 1. The molecule has 1 aromatic rings. The molecule has 0 heterocycles. The lowest BCUT2D eigenvalue weighted by atomic mass is 10.1. The number of alkyl halides is 1. The van der Waals surface area contributed by atoms with Crippen molar-refractivity contribution in [2.45, 2.75) is 11.8 Å². The molecule has 0 saturated heterocycles. The van der Waals surface area contributed by atoms with Crippen molar-refractivity contribution in [3.63, 3.8) is 0 Å². The summed E-state index contributed by atoms with van der Waals surface area (Å²) in [5.41, 5.74) is 1.77. The normalized spacial score (nSPS) is 9.86. The van der Waals surface area contributed by atoms with E-state index in [1.165, 1.54) is 0 Å². The molecule has 0 aliphatic heterocycles. The van der Waals surface area contributed by atoms with Crippen LogP contribution in [0.4, 0.5) is 0 Å². The van der Waals surface area contributed by atoms with Crippen LogP contribution in [-0.4, -0.2) is 18.2 Å². The van der Waals surface area contributed by atoms with Crippen molar-refractivity contribution in [1.29, 1.82) is 0 Å². The van der Waals surface area contributed by atoms with E-state index in [9.17, 15) is 4.79 Å². The van der Waals surface area contributed by atoms with Crippen LogP contribution in [0.15, 0.2) is 18.2 Å². The van der Waals surface area contributed by atoms with E-state index in [2.05, 4.69) is 15.9 Å². The molecule has 0 amide bonds. The average molecular weight is 259 g/mol. The lowest BCUT2D eigenvalue weighted by Crippen LogP contribution is -2.03. The maximum atomic E-state index is 10.6. The molecule has 0 saturated carbocycles. The zero-order valence-electron chi connectivity index (χ0n) is 7.79. The van der Waals surface area contributed by atoms with Crippen LogP contribution < -0.4 is 4.74 Å². The van der Waals surface area contributed by atoms with Crippen molar-refractivity contribution in [3.8, 4) is 5.75 Å². The summed E-state index contributed by atoms with van der Waals surface area (Å²) in [6.07, 6.45) is 0.0259. The number of hydrogen-bond acceptors (Lipinski definition) is 2. The summed E-state index contributed by atoms with van der Waals surface area (Å²) in [6.45, 7) is 0. The average Bonchev–Trinajstić information content (AvgIpc) is 2.16. The maximum absolute atomic E-state index is 10.6. The first-order valence-corrected chi connectivity index (χ1v) is 5.23. The van der Waals surface area contributed by atoms with Gasteiger partial charge in [0.1, 0.15) is 5.75 Å². The summed E-state index contributed by atoms with van der Waals surface area (Å²) in [7, 11) is 1.56. The fraction of sp³-hybridized carbons (Fsp3) is 0.300. The van der Waals surface area contributed by atoms with Crippen molar-refractivity contribution in [1.82, 2.24) is 0 Å². The lowest BCUT2D eigenvalue weighted by molar-refractivity contribution is -0.136. The van der Waals surface area contributed by atoms with Gasteiger partial charge in [-0.3, -0.25) is 4.79 Å². The standard InChI is InChI=1S/C10H11BrO3/c1-14-9-3-2-7(6-11)8(4-9)5-10(12)13/h2-4H,5-6H2,1H3,(H,12,13). The zero-order valence-corrected chi connectivity index (χ0v) is 9.37. The first-order valence-electron chi connectivity index (χ1n) is 4.11. The van der Waals surface area contributed by atoms with Crippen molar-refractivity contribution >= 4 is 21.9 Å². The van der Waals surface area contributed by atoms with Crippen LogP contribution in [0.2, 0.25) is 0 Å². The van der Waals surface area contributed by atoms with E-state index in [-0.39, 0.29) is 6.42 Å². The minimum absolute atomic E-state index is 0.0259. The van der Waals surface area contributed by atoms with Gasteiger partial charge in [-0.05, 0) is 23.3 Å². The van der Waals surface area contributed by atoms with Crippen LogP contribution in [0.3, 0.4) is 0 Å². The van der Waals surface area contributed by atoms with Gasteiger partial charge in [-0.1, -0.05) is 22.0 Å². The van der Waals surface area contributed by atoms with Crippen molar-refractivity contribution in [2.75, 3.05) is 7.11 Å². The summed E-state index contributed by atoms with van der Waals surface area (Å²) < 4.78 is 5.03. The number of ether oxygens (including phenoxy) is 1. The molecular weight excluding hydrogens is 248 g/mol. The number of carbonyl (C=O) groups is 1. The topological polar surface area (TPSA) is 46.5 Å². The molecule has 0 aromatic heterocycles. The van der Waals surface area contributed by atoms with E-state index < -0.39 is 5.97 Å². The molecule has 1 N–H and O–H groups in total. The van der Waals surface area contributed by atoms with Gasteiger partial charge >= 0.3 is 5.97 Å². The van der Waals surface area contributed by atoms with E-state index in [1.54, 1.807) is 13.2 Å². The Morgan fingerprint density at radius 2 is 2.21 bits per heavy atom. The maximum Gasteiger partial charge on any atom is 0.307 e. The molecule has 0 bridgehead atoms. The van der Waals surface area contributed by atoms with Gasteiger partial charge in [0, 0.05) is 5.33 Å². The summed E-state index contributed by atoms with van der Waals surface area (Å²) in [4.78, 5) is 10.6. The van der Waals surface area contributed by atoms with Gasteiger partial charge in [0.05, 0.1) is 13.5 Å². The summed E-state index contributed by atoms with van der Waals surface area (Å²) in [6, 6.07) is 5.44. The molecule has 76 valence electrons. The van der Waals surface area contributed by atoms with Crippen molar-refractivity contribution < 1.29 is 14.6 Å². The Morgan fingerprint density at radius 3 is 2.71 bits per heavy atom. The SMILES string of the molecule is COc1ccc(CBr)c(CC(=O)O)c1. The van der Waals surface area contributed by atoms with Crippen LogP contribution in [0, 0.1) is 0 Å². The molecule has 1 rings (SSSR count). The third kappa shape index (κ3) is 2.73. The Kier molecular flexibility index (Phi) is 3.95. The molecule has 14 heavy (non-hydrogen) atoms. The van der Waals surface area contributed by atoms with Crippen molar-refractivity contribution in [2.24, 2.45) is 0 Å². The molecule has 0 radical (unpaired) electrons. The predicted molar refractivity (Wildman–Crippen MR) is 57.0 cm³/mol. The number of hydrogen-bond donors (Lipinski definition) is 1. The van der Waals surface area contributed by atoms with Gasteiger partial charge in [0.15, 0.2) is 0 Å². The quantitative estimate of drug-likeness (QED) is 0.843. The Morgan fingerprint density at radius 1 is 1.50 bits per heavy atom. The molecule has 1 aromatic carbocycles. The highest BCUT2D eigenvalue weighted by Gasteiger charge is 2.07. The van der Waals surface area contributed by atoms with Crippen LogP contribution in [0.25, 0.3) is 0 Å². The third-order valence-electron chi connectivity index (χ3n) is 1.90. The molecule has 0 unspecified atom stereocenters. The summed E-state index contributed by atoms with van der Waals surface area (Å²) in [5, 5.41) is 9.35. The van der Waals surface area contributed by atoms with E-state index in [0.717, 1.165) is 11.1 Å². The monoisotopic (exact) mass is 258 g/mol. The number of carboxylic acid groups (broad SMARTS) is 1. The largest absolute Gasteiger partial charge is 0.497 e. The Labute approximate surface area is 90.8 Å². The molecule has 0 aliphatic rings. The number of aliphatic carboxylic acids is 1. The molecule has 0 spiro atoms. The molecule has 4 heteroatoms. The van der Waals surface area contributed by atoms with Gasteiger partial charge in [0.2, 0.25) is 0 Å². The van der Waals surface area contributed by atoms with Crippen LogP contribution in [-0.2, 0) is 16.5 Å². The van der Waals surface area contributed by atoms with E-state index in [0.29, 0.717) is 11.1 Å². The second kappa shape index (κ2) is 5.00. The number of benzene rings is 1. The van der Waals surface area contributed by atoms with Gasteiger partial charge in [-0.15, -0.1) is 0 Å². The highest BCUT2D eigenvalue weighted by atomic mass is 79.9. The first-order chi connectivity index (χ1) is 6.67. The van der Waals surface area contributed by atoms with Crippen molar-refractivity contribution in [3.05, 3.63) is 29.3 Å². The van der Waals surface area contributed by atoms with E-state index in [1.807, 2.05) is 12.1 Å². The van der Waals surface area contributed by atoms with Gasteiger partial charge < -0.3 is 9.84 Å². The Balaban J connectivity index is 3.01. The molecule has 0 atom stereocenters. The van der Waals surface area contributed by atoms with Gasteiger partial charge in [0.25, 0.3) is 0 Å². The number of rotatable bonds is 4. The second-order valence-electron chi connectivity index (χ2n) is 2.84. The highest BCUT2D eigenvalue weighted by molar-refractivity contribution is 9.08. The van der Waals surface area contributed by atoms with Crippen LogP contribution >= 0.6 is 15.9 Å².